The second kappa shape index (κ2) is 9.20. The van der Waals surface area contributed by atoms with Gasteiger partial charge in [0.2, 0.25) is 5.13 Å². The van der Waals surface area contributed by atoms with Gasteiger partial charge in [0.25, 0.3) is 5.91 Å². The first kappa shape index (κ1) is 19.7. The molecule has 0 aliphatic rings. The first-order chi connectivity index (χ1) is 11.9. The highest BCUT2D eigenvalue weighted by atomic mass is 32.2. The average molecular weight is 380 g/mol. The van der Waals surface area contributed by atoms with E-state index in [9.17, 15) is 4.79 Å². The maximum atomic E-state index is 12.5. The van der Waals surface area contributed by atoms with Gasteiger partial charge in [-0.25, -0.2) is 0 Å². The van der Waals surface area contributed by atoms with Gasteiger partial charge in [-0.15, -0.1) is 10.2 Å². The van der Waals surface area contributed by atoms with Crippen LogP contribution in [0.5, 0.6) is 5.75 Å². The number of carbonyl (C=O) groups excluding carboxylic acids is 1. The molecule has 0 unspecified atom stereocenters. The highest BCUT2D eigenvalue weighted by Crippen LogP contribution is 2.27. The SMILES string of the molecule is CC[C@@H](Oc1cccc(C)c1C)C(=O)Nc1nnc(SCC(C)C)s1. The molecule has 5 nitrogen and oxygen atoms in total. The zero-order valence-corrected chi connectivity index (χ0v) is 17.0. The third kappa shape index (κ3) is 5.71. The molecule has 7 heteroatoms. The lowest BCUT2D eigenvalue weighted by atomic mass is 10.1. The van der Waals surface area contributed by atoms with Gasteiger partial charge in [-0.1, -0.05) is 56.0 Å². The predicted octanol–water partition coefficient (Wildman–Crippen LogP) is 4.70. The summed E-state index contributed by atoms with van der Waals surface area (Å²) in [4.78, 5) is 12.5. The summed E-state index contributed by atoms with van der Waals surface area (Å²) in [6, 6.07) is 5.86. The number of hydrogen-bond donors (Lipinski definition) is 1. The molecule has 1 amide bonds. The highest BCUT2D eigenvalue weighted by molar-refractivity contribution is 8.01. The van der Waals surface area contributed by atoms with Crippen molar-refractivity contribution in [2.24, 2.45) is 5.92 Å². The number of aromatic nitrogens is 2. The van der Waals surface area contributed by atoms with Crippen molar-refractivity contribution in [2.75, 3.05) is 11.1 Å². The molecule has 1 aromatic carbocycles. The molecule has 0 saturated heterocycles. The van der Waals surface area contributed by atoms with Gasteiger partial charge in [-0.3, -0.25) is 10.1 Å². The molecule has 0 radical (unpaired) electrons. The Kier molecular flexibility index (Phi) is 7.25. The van der Waals surface area contributed by atoms with Crippen LogP contribution in [0.1, 0.15) is 38.3 Å². The topological polar surface area (TPSA) is 64.1 Å². The zero-order chi connectivity index (χ0) is 18.4. The van der Waals surface area contributed by atoms with Crippen molar-refractivity contribution in [3.63, 3.8) is 0 Å². The Labute approximate surface area is 157 Å². The smallest absolute Gasteiger partial charge is 0.267 e. The second-order valence-electron chi connectivity index (χ2n) is 6.28. The summed E-state index contributed by atoms with van der Waals surface area (Å²) < 4.78 is 6.80. The number of benzene rings is 1. The van der Waals surface area contributed by atoms with Crippen molar-refractivity contribution in [2.45, 2.75) is 51.5 Å². The lowest BCUT2D eigenvalue weighted by Crippen LogP contribution is -2.32. The van der Waals surface area contributed by atoms with E-state index >= 15 is 0 Å². The highest BCUT2D eigenvalue weighted by Gasteiger charge is 2.21. The molecule has 136 valence electrons. The first-order valence-electron chi connectivity index (χ1n) is 8.40. The molecule has 2 rings (SSSR count). The Morgan fingerprint density at radius 3 is 2.76 bits per heavy atom. The monoisotopic (exact) mass is 379 g/mol. The van der Waals surface area contributed by atoms with Gasteiger partial charge < -0.3 is 4.74 Å². The summed E-state index contributed by atoms with van der Waals surface area (Å²) in [6.07, 6.45) is 0.0173. The molecule has 0 spiro atoms. The van der Waals surface area contributed by atoms with Crippen LogP contribution in [0.4, 0.5) is 5.13 Å². The minimum Gasteiger partial charge on any atom is -0.480 e. The van der Waals surface area contributed by atoms with Crippen LogP contribution < -0.4 is 10.1 Å². The number of carbonyl (C=O) groups is 1. The van der Waals surface area contributed by atoms with Gasteiger partial charge in [0.1, 0.15) is 5.75 Å². The summed E-state index contributed by atoms with van der Waals surface area (Å²) in [5.74, 6) is 2.12. The fourth-order valence-electron chi connectivity index (χ4n) is 2.07. The summed E-state index contributed by atoms with van der Waals surface area (Å²) in [5, 5.41) is 11.5. The van der Waals surface area contributed by atoms with Crippen LogP contribution in [-0.2, 0) is 4.79 Å². The van der Waals surface area contributed by atoms with E-state index in [0.29, 0.717) is 17.5 Å². The number of thioether (sulfide) groups is 1. The lowest BCUT2D eigenvalue weighted by molar-refractivity contribution is -0.122. The molecular formula is C18H25N3O2S2. The number of nitrogens with one attached hydrogen (secondary N) is 1. The standard InChI is InChI=1S/C18H25N3O2S2/c1-6-14(23-15-9-7-8-12(4)13(15)5)16(22)19-17-20-21-18(25-17)24-10-11(2)3/h7-9,11,14H,6,10H2,1-5H3,(H,19,20,22)/t14-/m1/s1. The molecule has 1 N–H and O–H groups in total. The van der Waals surface area contributed by atoms with E-state index in [2.05, 4.69) is 29.4 Å². The van der Waals surface area contributed by atoms with E-state index in [4.69, 9.17) is 4.74 Å². The van der Waals surface area contributed by atoms with Gasteiger partial charge in [0, 0.05) is 5.75 Å². The van der Waals surface area contributed by atoms with Crippen LogP contribution in [0, 0.1) is 19.8 Å². The summed E-state index contributed by atoms with van der Waals surface area (Å²) >= 11 is 3.06. The molecule has 0 bridgehead atoms. The minimum absolute atomic E-state index is 0.194. The lowest BCUT2D eigenvalue weighted by Gasteiger charge is -2.18. The summed E-state index contributed by atoms with van der Waals surface area (Å²) in [6.45, 7) is 10.3. The van der Waals surface area contributed by atoms with Crippen LogP contribution in [-0.4, -0.2) is 28.0 Å². The molecule has 25 heavy (non-hydrogen) atoms. The van der Waals surface area contributed by atoms with E-state index in [1.807, 2.05) is 39.0 Å². The molecule has 1 heterocycles. The van der Waals surface area contributed by atoms with Crippen molar-refractivity contribution >= 4 is 34.1 Å². The Morgan fingerprint density at radius 2 is 2.08 bits per heavy atom. The van der Waals surface area contributed by atoms with Gasteiger partial charge in [-0.05, 0) is 43.4 Å². The Balaban J connectivity index is 1.99. The number of ether oxygens (including phenoxy) is 1. The Hall–Kier alpha value is -1.60. The van der Waals surface area contributed by atoms with E-state index < -0.39 is 6.10 Å². The van der Waals surface area contributed by atoms with E-state index in [-0.39, 0.29) is 5.91 Å². The molecule has 1 aromatic heterocycles. The second-order valence-corrected chi connectivity index (χ2v) is 8.52. The van der Waals surface area contributed by atoms with Crippen LogP contribution in [0.25, 0.3) is 0 Å². The molecule has 0 aliphatic carbocycles. The number of amides is 1. The van der Waals surface area contributed by atoms with Gasteiger partial charge in [0.05, 0.1) is 0 Å². The van der Waals surface area contributed by atoms with Crippen LogP contribution in [0.2, 0.25) is 0 Å². The fraction of sp³-hybridized carbons (Fsp3) is 0.500. The van der Waals surface area contributed by atoms with E-state index in [1.54, 1.807) is 11.8 Å². The molecule has 0 saturated carbocycles. The number of rotatable bonds is 8. The number of hydrogen-bond acceptors (Lipinski definition) is 6. The van der Waals surface area contributed by atoms with Crippen molar-refractivity contribution in [3.05, 3.63) is 29.3 Å². The molecule has 0 fully saturated rings. The number of nitrogens with zero attached hydrogens (tertiary/aromatic N) is 2. The average Bonchev–Trinajstić information content (AvgIpc) is 3.01. The van der Waals surface area contributed by atoms with Gasteiger partial charge >= 0.3 is 0 Å². The summed E-state index contributed by atoms with van der Waals surface area (Å²) in [7, 11) is 0. The minimum atomic E-state index is -0.559. The quantitative estimate of drug-likeness (QED) is 0.532. The van der Waals surface area contributed by atoms with E-state index in [1.165, 1.54) is 11.3 Å². The molecule has 2 aromatic rings. The van der Waals surface area contributed by atoms with Crippen LogP contribution in [0.3, 0.4) is 0 Å². The van der Waals surface area contributed by atoms with Crippen LogP contribution in [0.15, 0.2) is 22.5 Å². The van der Waals surface area contributed by atoms with Crippen molar-refractivity contribution in [3.8, 4) is 5.75 Å². The fourth-order valence-corrected chi connectivity index (χ4v) is 3.80. The number of anilines is 1. The largest absolute Gasteiger partial charge is 0.480 e. The Bertz CT molecular complexity index is 716. The maximum Gasteiger partial charge on any atom is 0.267 e. The Morgan fingerprint density at radius 1 is 1.32 bits per heavy atom. The van der Waals surface area contributed by atoms with E-state index in [0.717, 1.165) is 27.0 Å². The van der Waals surface area contributed by atoms with Gasteiger partial charge in [-0.2, -0.15) is 0 Å². The van der Waals surface area contributed by atoms with Crippen molar-refractivity contribution < 1.29 is 9.53 Å². The molecule has 1 atom stereocenters. The third-order valence-corrected chi connectivity index (χ3v) is 6.06. The van der Waals surface area contributed by atoms with Crippen molar-refractivity contribution in [1.82, 2.24) is 10.2 Å². The normalized spacial score (nSPS) is 12.2. The third-order valence-electron chi connectivity index (χ3n) is 3.66. The predicted molar refractivity (Wildman–Crippen MR) is 105 cm³/mol. The van der Waals surface area contributed by atoms with Gasteiger partial charge in [0.15, 0.2) is 10.4 Å². The van der Waals surface area contributed by atoms with Crippen LogP contribution >= 0.6 is 23.1 Å². The van der Waals surface area contributed by atoms with Crippen molar-refractivity contribution in [1.29, 1.82) is 0 Å². The zero-order valence-electron chi connectivity index (χ0n) is 15.3. The number of aryl methyl sites for hydroxylation is 1. The molecular weight excluding hydrogens is 354 g/mol. The summed E-state index contributed by atoms with van der Waals surface area (Å²) in [5.41, 5.74) is 2.20. The maximum absolute atomic E-state index is 12.5. The molecule has 0 aliphatic heterocycles. The first-order valence-corrected chi connectivity index (χ1v) is 10.2.